The van der Waals surface area contributed by atoms with Gasteiger partial charge in [0.15, 0.2) is 0 Å². The van der Waals surface area contributed by atoms with E-state index in [1.165, 1.54) is 16.7 Å². The van der Waals surface area contributed by atoms with E-state index in [0.717, 1.165) is 32.7 Å². The number of aryl methyl sites for hydroxylation is 1. The van der Waals surface area contributed by atoms with Gasteiger partial charge in [0.05, 0.1) is 16.6 Å². The molecule has 5 aromatic rings. The zero-order valence-corrected chi connectivity index (χ0v) is 13.8. The van der Waals surface area contributed by atoms with E-state index < -0.39 is 0 Å². The molecule has 0 amide bonds. The maximum Gasteiger partial charge on any atom is 0.0970 e. The van der Waals surface area contributed by atoms with E-state index in [-0.39, 0.29) is 0 Å². The van der Waals surface area contributed by atoms with E-state index in [0.29, 0.717) is 0 Å². The lowest BCUT2D eigenvalue weighted by atomic mass is 9.94. The van der Waals surface area contributed by atoms with Crippen molar-refractivity contribution < 1.29 is 0 Å². The normalized spacial score (nSPS) is 11.4. The molecule has 25 heavy (non-hydrogen) atoms. The quantitative estimate of drug-likeness (QED) is 0.393. The predicted molar refractivity (Wildman–Crippen MR) is 103 cm³/mol. The largest absolute Gasteiger partial charge is 0.256 e. The van der Waals surface area contributed by atoms with Gasteiger partial charge in [-0.15, -0.1) is 0 Å². The van der Waals surface area contributed by atoms with E-state index in [1.807, 2.05) is 36.8 Å². The monoisotopic (exact) mass is 321 g/mol. The zero-order chi connectivity index (χ0) is 16.8. The summed E-state index contributed by atoms with van der Waals surface area (Å²) in [6, 6.07) is 18.8. The first-order valence-electron chi connectivity index (χ1n) is 8.30. The van der Waals surface area contributed by atoms with Crippen molar-refractivity contribution in [2.24, 2.45) is 0 Å². The van der Waals surface area contributed by atoms with Crippen molar-refractivity contribution in [3.63, 3.8) is 0 Å². The average molecular weight is 321 g/mol. The Labute approximate surface area is 145 Å². The number of rotatable bonds is 1. The highest BCUT2D eigenvalue weighted by Crippen LogP contribution is 2.36. The van der Waals surface area contributed by atoms with E-state index in [9.17, 15) is 0 Å². The molecule has 0 N–H and O–H groups in total. The molecular weight excluding hydrogens is 306 g/mol. The van der Waals surface area contributed by atoms with Gasteiger partial charge in [0, 0.05) is 34.7 Å². The first-order valence-corrected chi connectivity index (χ1v) is 8.30. The molecular formula is C22H15N3. The number of aromatic nitrogens is 3. The molecule has 0 atom stereocenters. The van der Waals surface area contributed by atoms with E-state index in [1.54, 1.807) is 0 Å². The van der Waals surface area contributed by atoms with Crippen LogP contribution in [0.5, 0.6) is 0 Å². The smallest absolute Gasteiger partial charge is 0.0970 e. The van der Waals surface area contributed by atoms with Crippen molar-refractivity contribution >= 4 is 32.7 Å². The summed E-state index contributed by atoms with van der Waals surface area (Å²) in [5, 5.41) is 3.37. The molecule has 0 spiro atoms. The van der Waals surface area contributed by atoms with Crippen molar-refractivity contribution in [1.29, 1.82) is 0 Å². The van der Waals surface area contributed by atoms with E-state index >= 15 is 0 Å². The van der Waals surface area contributed by atoms with Gasteiger partial charge >= 0.3 is 0 Å². The minimum atomic E-state index is 0.938. The third-order valence-electron chi connectivity index (χ3n) is 4.72. The van der Waals surface area contributed by atoms with E-state index in [4.69, 9.17) is 0 Å². The topological polar surface area (TPSA) is 38.7 Å². The zero-order valence-electron chi connectivity index (χ0n) is 13.8. The van der Waals surface area contributed by atoms with Crippen molar-refractivity contribution in [3.05, 3.63) is 78.8 Å². The van der Waals surface area contributed by atoms with Gasteiger partial charge in [-0.3, -0.25) is 15.0 Å². The first kappa shape index (κ1) is 14.1. The molecule has 0 aliphatic carbocycles. The second-order valence-electron chi connectivity index (χ2n) is 6.23. The van der Waals surface area contributed by atoms with Crippen LogP contribution in [0.3, 0.4) is 0 Å². The summed E-state index contributed by atoms with van der Waals surface area (Å²) < 4.78 is 0. The fourth-order valence-electron chi connectivity index (χ4n) is 3.55. The van der Waals surface area contributed by atoms with Crippen molar-refractivity contribution in [1.82, 2.24) is 15.0 Å². The minimum absolute atomic E-state index is 0.938. The van der Waals surface area contributed by atoms with Crippen LogP contribution >= 0.6 is 0 Å². The summed E-state index contributed by atoms with van der Waals surface area (Å²) >= 11 is 0. The van der Waals surface area contributed by atoms with Crippen LogP contribution in [0.15, 0.2) is 73.2 Å². The Balaban J connectivity index is 1.98. The lowest BCUT2D eigenvalue weighted by Gasteiger charge is -2.12. The van der Waals surface area contributed by atoms with Gasteiger partial charge < -0.3 is 0 Å². The van der Waals surface area contributed by atoms with Crippen LogP contribution in [-0.4, -0.2) is 15.0 Å². The molecule has 3 nitrogen and oxygen atoms in total. The molecule has 3 heterocycles. The third-order valence-corrected chi connectivity index (χ3v) is 4.72. The van der Waals surface area contributed by atoms with Gasteiger partial charge in [0.2, 0.25) is 0 Å². The van der Waals surface area contributed by atoms with Gasteiger partial charge in [-0.05, 0) is 47.9 Å². The molecule has 0 bridgehead atoms. The van der Waals surface area contributed by atoms with Crippen molar-refractivity contribution in [3.8, 4) is 11.1 Å². The molecule has 0 radical (unpaired) electrons. The molecule has 0 fully saturated rings. The summed E-state index contributed by atoms with van der Waals surface area (Å²) in [7, 11) is 0. The molecule has 5 rings (SSSR count). The lowest BCUT2D eigenvalue weighted by molar-refractivity contribution is 1.36. The molecule has 0 aliphatic heterocycles. The van der Waals surface area contributed by atoms with Gasteiger partial charge in [0.25, 0.3) is 0 Å². The van der Waals surface area contributed by atoms with Crippen molar-refractivity contribution in [2.45, 2.75) is 6.92 Å². The minimum Gasteiger partial charge on any atom is -0.256 e. The Kier molecular flexibility index (Phi) is 3.01. The van der Waals surface area contributed by atoms with Crippen molar-refractivity contribution in [2.75, 3.05) is 0 Å². The lowest BCUT2D eigenvalue weighted by Crippen LogP contribution is -1.91. The molecule has 0 saturated heterocycles. The third kappa shape index (κ3) is 2.09. The van der Waals surface area contributed by atoms with Crippen LogP contribution in [-0.2, 0) is 0 Å². The van der Waals surface area contributed by atoms with Gasteiger partial charge in [-0.1, -0.05) is 30.3 Å². The maximum atomic E-state index is 4.62. The maximum absolute atomic E-state index is 4.62. The molecule has 0 saturated carbocycles. The fourth-order valence-corrected chi connectivity index (χ4v) is 3.55. The fraction of sp³-hybridized carbons (Fsp3) is 0.0455. The van der Waals surface area contributed by atoms with Crippen LogP contribution in [0.1, 0.15) is 5.56 Å². The van der Waals surface area contributed by atoms with Crippen LogP contribution in [0.4, 0.5) is 0 Å². The van der Waals surface area contributed by atoms with Crippen LogP contribution in [0.2, 0.25) is 0 Å². The highest BCUT2D eigenvalue weighted by atomic mass is 14.7. The summed E-state index contributed by atoms with van der Waals surface area (Å²) in [5.74, 6) is 0. The standard InChI is InChI=1S/C22H15N3/c1-14-8-9-16(17-6-3-11-23-20(14)17)19-13-15-5-2-10-24-21(15)22-18(19)7-4-12-25-22/h2-13H,1H3. The van der Waals surface area contributed by atoms with Gasteiger partial charge in [0.1, 0.15) is 0 Å². The molecule has 0 aliphatic rings. The molecule has 3 heteroatoms. The molecule has 2 aromatic carbocycles. The average Bonchev–Trinajstić information content (AvgIpc) is 2.68. The number of pyridine rings is 3. The number of nitrogens with zero attached hydrogens (tertiary/aromatic N) is 3. The Bertz CT molecular complexity index is 1260. The Morgan fingerprint density at radius 3 is 2.04 bits per heavy atom. The highest BCUT2D eigenvalue weighted by Gasteiger charge is 2.13. The molecule has 0 unspecified atom stereocenters. The van der Waals surface area contributed by atoms with Crippen LogP contribution in [0.25, 0.3) is 43.8 Å². The molecule has 118 valence electrons. The second kappa shape index (κ2) is 5.35. The Morgan fingerprint density at radius 1 is 0.600 bits per heavy atom. The second-order valence-corrected chi connectivity index (χ2v) is 6.23. The van der Waals surface area contributed by atoms with Crippen LogP contribution in [0, 0.1) is 6.92 Å². The van der Waals surface area contributed by atoms with Gasteiger partial charge in [-0.2, -0.15) is 0 Å². The number of fused-ring (bicyclic) bond motifs is 4. The summed E-state index contributed by atoms with van der Waals surface area (Å²) in [4.78, 5) is 13.7. The Morgan fingerprint density at radius 2 is 1.24 bits per heavy atom. The van der Waals surface area contributed by atoms with Gasteiger partial charge in [-0.25, -0.2) is 0 Å². The van der Waals surface area contributed by atoms with E-state index in [2.05, 4.69) is 58.3 Å². The Hall–Kier alpha value is -3.33. The van der Waals surface area contributed by atoms with Crippen LogP contribution < -0.4 is 0 Å². The first-order chi connectivity index (χ1) is 12.3. The summed E-state index contributed by atoms with van der Waals surface area (Å²) in [5.41, 5.74) is 6.45. The number of hydrogen-bond donors (Lipinski definition) is 0. The number of hydrogen-bond acceptors (Lipinski definition) is 3. The molecule has 3 aromatic heterocycles. The summed E-state index contributed by atoms with van der Waals surface area (Å²) in [6.07, 6.45) is 5.50. The predicted octanol–water partition coefficient (Wildman–Crippen LogP) is 5.31. The number of benzene rings is 2. The highest BCUT2D eigenvalue weighted by molar-refractivity contribution is 6.13. The SMILES string of the molecule is Cc1ccc(-c2cc3cccnc3c3ncccc23)c2cccnc12. The summed E-state index contributed by atoms with van der Waals surface area (Å²) in [6.45, 7) is 2.10.